The average molecular weight is 373 g/mol. The highest BCUT2D eigenvalue weighted by molar-refractivity contribution is 5.91. The lowest BCUT2D eigenvalue weighted by atomic mass is 9.93. The number of ether oxygens (including phenoxy) is 2. The van der Waals surface area contributed by atoms with Crippen molar-refractivity contribution in [2.45, 2.75) is 31.5 Å². The summed E-state index contributed by atoms with van der Waals surface area (Å²) < 4.78 is 16.9. The molecular weight excluding hydrogens is 350 g/mol. The number of aliphatic hydroxyl groups excluding tert-OH is 1. The maximum Gasteiger partial charge on any atom is 0.285 e. The molecule has 0 saturated carbocycles. The van der Waals surface area contributed by atoms with E-state index in [0.717, 1.165) is 0 Å². The van der Waals surface area contributed by atoms with E-state index in [2.05, 4.69) is 5.32 Å². The SMILES string of the molecule is CNC(=O)C1=C[C@@H](c2coc3ccccc3c2=O)C[C@@H](OCCCCO)O1. The highest BCUT2D eigenvalue weighted by atomic mass is 16.7. The summed E-state index contributed by atoms with van der Waals surface area (Å²) in [5.74, 6) is -0.628. The van der Waals surface area contributed by atoms with E-state index < -0.39 is 6.29 Å². The van der Waals surface area contributed by atoms with Gasteiger partial charge in [-0.05, 0) is 31.1 Å². The fraction of sp³-hybridized carbons (Fsp3) is 0.400. The first-order valence-corrected chi connectivity index (χ1v) is 8.97. The van der Waals surface area contributed by atoms with Crippen LogP contribution in [0.2, 0.25) is 0 Å². The molecule has 1 aliphatic rings. The molecule has 1 aliphatic heterocycles. The van der Waals surface area contributed by atoms with Gasteiger partial charge in [0.15, 0.2) is 11.2 Å². The molecular formula is C20H23NO6. The summed E-state index contributed by atoms with van der Waals surface area (Å²) in [6, 6.07) is 7.05. The highest BCUT2D eigenvalue weighted by Gasteiger charge is 2.30. The summed E-state index contributed by atoms with van der Waals surface area (Å²) in [5.41, 5.74) is 0.850. The van der Waals surface area contributed by atoms with Crippen LogP contribution in [0.1, 0.15) is 30.7 Å². The van der Waals surface area contributed by atoms with Gasteiger partial charge in [-0.1, -0.05) is 12.1 Å². The minimum absolute atomic E-state index is 0.0963. The molecule has 0 saturated heterocycles. The molecule has 0 unspecified atom stereocenters. The average Bonchev–Trinajstić information content (AvgIpc) is 2.71. The second kappa shape index (κ2) is 8.83. The van der Waals surface area contributed by atoms with Gasteiger partial charge >= 0.3 is 0 Å². The number of carbonyl (C=O) groups is 1. The molecule has 7 nitrogen and oxygen atoms in total. The van der Waals surface area contributed by atoms with Gasteiger partial charge in [0.1, 0.15) is 5.58 Å². The van der Waals surface area contributed by atoms with Gasteiger partial charge < -0.3 is 24.3 Å². The first-order chi connectivity index (χ1) is 13.1. The number of nitrogens with one attached hydrogen (secondary N) is 1. The smallest absolute Gasteiger partial charge is 0.285 e. The molecule has 2 heterocycles. The quantitative estimate of drug-likeness (QED) is 0.721. The molecule has 0 radical (unpaired) electrons. The summed E-state index contributed by atoms with van der Waals surface area (Å²) in [7, 11) is 1.51. The number of aliphatic hydroxyl groups is 1. The molecule has 0 aliphatic carbocycles. The molecule has 1 amide bonds. The number of benzene rings is 1. The Morgan fingerprint density at radius 3 is 2.93 bits per heavy atom. The topological polar surface area (TPSA) is 98.0 Å². The highest BCUT2D eigenvalue weighted by Crippen LogP contribution is 2.31. The number of carbonyl (C=O) groups excluding carboxylic acids is 1. The number of hydrogen-bond acceptors (Lipinski definition) is 6. The summed E-state index contributed by atoms with van der Waals surface area (Å²) >= 11 is 0. The van der Waals surface area contributed by atoms with Crippen molar-refractivity contribution in [1.82, 2.24) is 5.32 Å². The number of hydrogen-bond donors (Lipinski definition) is 2. The first kappa shape index (κ1) is 19.1. The molecule has 3 rings (SSSR count). The van der Waals surface area contributed by atoms with Crippen LogP contribution >= 0.6 is 0 Å². The van der Waals surface area contributed by atoms with Crippen molar-refractivity contribution < 1.29 is 23.8 Å². The Hall–Kier alpha value is -2.64. The summed E-state index contributed by atoms with van der Waals surface area (Å²) in [5, 5.41) is 11.9. The number of unbranched alkanes of at least 4 members (excludes halogenated alkanes) is 1. The van der Waals surface area contributed by atoms with Crippen LogP contribution in [0.4, 0.5) is 0 Å². The van der Waals surface area contributed by atoms with E-state index in [1.54, 1.807) is 30.3 Å². The van der Waals surface area contributed by atoms with Crippen LogP contribution in [0, 0.1) is 0 Å². The van der Waals surface area contributed by atoms with E-state index in [1.807, 2.05) is 0 Å². The predicted molar refractivity (Wildman–Crippen MR) is 99.1 cm³/mol. The lowest BCUT2D eigenvalue weighted by Gasteiger charge is -2.28. The van der Waals surface area contributed by atoms with Crippen LogP contribution < -0.4 is 10.7 Å². The van der Waals surface area contributed by atoms with Crippen LogP contribution in [0.5, 0.6) is 0 Å². The third-order valence-corrected chi connectivity index (χ3v) is 4.47. The summed E-state index contributed by atoms with van der Waals surface area (Å²) in [6.07, 6.45) is 4.12. The van der Waals surface area contributed by atoms with Gasteiger partial charge in [0.25, 0.3) is 5.91 Å². The number of amides is 1. The Morgan fingerprint density at radius 2 is 2.15 bits per heavy atom. The van der Waals surface area contributed by atoms with Gasteiger partial charge in [-0.15, -0.1) is 0 Å². The van der Waals surface area contributed by atoms with Crippen molar-refractivity contribution in [3.05, 3.63) is 58.2 Å². The molecule has 27 heavy (non-hydrogen) atoms. The number of para-hydroxylation sites is 1. The van der Waals surface area contributed by atoms with E-state index in [9.17, 15) is 9.59 Å². The third-order valence-electron chi connectivity index (χ3n) is 4.47. The molecule has 2 N–H and O–H groups in total. The standard InChI is InChI=1S/C20H23NO6/c1-21-20(24)17-10-13(11-18(27-17)25-9-5-4-8-22)15-12-26-16-7-3-2-6-14(16)19(15)23/h2-3,6-7,10,12-13,18,22H,4-5,8-9,11H2,1H3,(H,21,24)/t13-,18+/m1/s1. The van der Waals surface area contributed by atoms with Gasteiger partial charge in [-0.25, -0.2) is 0 Å². The van der Waals surface area contributed by atoms with Crippen molar-refractivity contribution in [3.63, 3.8) is 0 Å². The van der Waals surface area contributed by atoms with Gasteiger partial charge in [0.2, 0.25) is 6.29 Å². The van der Waals surface area contributed by atoms with Crippen LogP contribution in [0.15, 0.2) is 51.6 Å². The fourth-order valence-corrected chi connectivity index (χ4v) is 3.04. The van der Waals surface area contributed by atoms with Crippen LogP contribution in [0.25, 0.3) is 11.0 Å². The largest absolute Gasteiger partial charge is 0.464 e. The molecule has 1 aromatic heterocycles. The van der Waals surface area contributed by atoms with Gasteiger partial charge in [0, 0.05) is 31.6 Å². The van der Waals surface area contributed by atoms with E-state index in [4.69, 9.17) is 19.0 Å². The number of allylic oxidation sites excluding steroid dienone is 1. The van der Waals surface area contributed by atoms with Crippen molar-refractivity contribution in [2.75, 3.05) is 20.3 Å². The van der Waals surface area contributed by atoms with Gasteiger partial charge in [-0.3, -0.25) is 9.59 Å². The fourth-order valence-electron chi connectivity index (χ4n) is 3.04. The van der Waals surface area contributed by atoms with Crippen molar-refractivity contribution >= 4 is 16.9 Å². The Morgan fingerprint density at radius 1 is 1.33 bits per heavy atom. The maximum absolute atomic E-state index is 12.9. The second-order valence-corrected chi connectivity index (χ2v) is 6.32. The Kier molecular flexibility index (Phi) is 6.26. The molecule has 2 atom stereocenters. The van der Waals surface area contributed by atoms with Crippen LogP contribution in [0.3, 0.4) is 0 Å². The number of rotatable bonds is 7. The molecule has 144 valence electrons. The minimum Gasteiger partial charge on any atom is -0.464 e. The van der Waals surface area contributed by atoms with Crippen LogP contribution in [-0.4, -0.2) is 37.6 Å². The van der Waals surface area contributed by atoms with Gasteiger partial charge in [-0.2, -0.15) is 0 Å². The zero-order valence-electron chi connectivity index (χ0n) is 15.1. The Bertz CT molecular complexity index is 887. The number of fused-ring (bicyclic) bond motifs is 1. The monoisotopic (exact) mass is 373 g/mol. The summed E-state index contributed by atoms with van der Waals surface area (Å²) in [6.45, 7) is 0.490. The lowest BCUT2D eigenvalue weighted by molar-refractivity contribution is -0.146. The molecule has 7 heteroatoms. The van der Waals surface area contributed by atoms with Crippen molar-refractivity contribution in [1.29, 1.82) is 0 Å². The second-order valence-electron chi connectivity index (χ2n) is 6.32. The van der Waals surface area contributed by atoms with Gasteiger partial charge in [0.05, 0.1) is 18.3 Å². The van der Waals surface area contributed by atoms with E-state index in [1.165, 1.54) is 13.3 Å². The van der Waals surface area contributed by atoms with Crippen molar-refractivity contribution in [3.8, 4) is 0 Å². The summed E-state index contributed by atoms with van der Waals surface area (Å²) in [4.78, 5) is 24.9. The molecule has 2 aromatic rings. The zero-order chi connectivity index (χ0) is 19.2. The molecule has 0 fully saturated rings. The zero-order valence-corrected chi connectivity index (χ0v) is 15.1. The Balaban J connectivity index is 1.89. The Labute approximate surface area is 156 Å². The predicted octanol–water partition coefficient (Wildman–Crippen LogP) is 2.04. The van der Waals surface area contributed by atoms with Crippen molar-refractivity contribution in [2.24, 2.45) is 0 Å². The minimum atomic E-state index is -0.656. The van der Waals surface area contributed by atoms with Crippen LogP contribution in [-0.2, 0) is 14.3 Å². The number of likely N-dealkylation sites (N-methyl/N-ethyl adjacent to an activating group) is 1. The lowest BCUT2D eigenvalue weighted by Crippen LogP contribution is -2.32. The van der Waals surface area contributed by atoms with E-state index in [0.29, 0.717) is 42.4 Å². The first-order valence-electron chi connectivity index (χ1n) is 8.97. The molecule has 0 bridgehead atoms. The van der Waals surface area contributed by atoms with E-state index >= 15 is 0 Å². The normalized spacial score (nSPS) is 19.4. The van der Waals surface area contributed by atoms with E-state index in [-0.39, 0.29) is 29.6 Å². The molecule has 0 spiro atoms. The maximum atomic E-state index is 12.9. The third kappa shape index (κ3) is 4.37. The molecule has 1 aromatic carbocycles.